The molecule has 1 aliphatic heterocycles. The summed E-state index contributed by atoms with van der Waals surface area (Å²) >= 11 is 0. The number of esters is 1. The summed E-state index contributed by atoms with van der Waals surface area (Å²) in [5, 5.41) is 9.14. The molecule has 0 amide bonds. The fourth-order valence-electron chi connectivity index (χ4n) is 2.54. The number of carboxylic acids is 1. The zero-order valence-corrected chi connectivity index (χ0v) is 13.0. The second kappa shape index (κ2) is 6.62. The quantitative estimate of drug-likeness (QED) is 0.850. The number of rotatable bonds is 5. The minimum atomic E-state index is -1.16. The lowest BCUT2D eigenvalue weighted by atomic mass is 10.1. The van der Waals surface area contributed by atoms with Crippen molar-refractivity contribution in [2.45, 2.75) is 19.4 Å². The first-order chi connectivity index (χ1) is 11.5. The van der Waals surface area contributed by atoms with Gasteiger partial charge in [0.2, 0.25) is 6.79 Å². The fourth-order valence-corrected chi connectivity index (χ4v) is 2.54. The second-order valence-corrected chi connectivity index (χ2v) is 5.46. The molecule has 1 N–H and O–H groups in total. The maximum absolute atomic E-state index is 12.2. The Morgan fingerprint density at radius 1 is 1.12 bits per heavy atom. The standard InChI is InChI=1S/C18H16O6/c1-11(8-12-6-7-15-16(9-12)23-10-22-15)24-18(21)14-5-3-2-4-13(14)17(19)20/h2-7,9,11H,8,10H2,1H3,(H,19,20)/t11-/m0/s1. The van der Waals surface area contributed by atoms with Gasteiger partial charge >= 0.3 is 11.9 Å². The van der Waals surface area contributed by atoms with Crippen LogP contribution in [0.4, 0.5) is 0 Å². The second-order valence-electron chi connectivity index (χ2n) is 5.46. The van der Waals surface area contributed by atoms with Crippen LogP contribution in [0, 0.1) is 0 Å². The molecule has 2 aromatic rings. The number of hydrogen-bond acceptors (Lipinski definition) is 5. The smallest absolute Gasteiger partial charge is 0.339 e. The highest BCUT2D eigenvalue weighted by molar-refractivity contribution is 6.02. The third-order valence-electron chi connectivity index (χ3n) is 3.65. The summed E-state index contributed by atoms with van der Waals surface area (Å²) in [7, 11) is 0. The summed E-state index contributed by atoms with van der Waals surface area (Å²) < 4.78 is 15.9. The molecule has 2 aromatic carbocycles. The van der Waals surface area contributed by atoms with Gasteiger partial charge in [-0.1, -0.05) is 18.2 Å². The number of carbonyl (C=O) groups excluding carboxylic acids is 1. The maximum Gasteiger partial charge on any atom is 0.339 e. The average Bonchev–Trinajstić information content (AvgIpc) is 3.02. The zero-order valence-electron chi connectivity index (χ0n) is 13.0. The van der Waals surface area contributed by atoms with Gasteiger partial charge in [0.25, 0.3) is 0 Å². The van der Waals surface area contributed by atoms with Crippen LogP contribution in [0.15, 0.2) is 42.5 Å². The lowest BCUT2D eigenvalue weighted by Crippen LogP contribution is -2.19. The van der Waals surface area contributed by atoms with Crippen molar-refractivity contribution in [1.82, 2.24) is 0 Å². The molecule has 1 heterocycles. The van der Waals surface area contributed by atoms with Crippen molar-refractivity contribution in [1.29, 1.82) is 0 Å². The molecule has 6 nitrogen and oxygen atoms in total. The van der Waals surface area contributed by atoms with Gasteiger partial charge in [0.05, 0.1) is 11.1 Å². The number of ether oxygens (including phenoxy) is 3. The van der Waals surface area contributed by atoms with Crippen LogP contribution in [0.5, 0.6) is 11.5 Å². The highest BCUT2D eigenvalue weighted by atomic mass is 16.7. The van der Waals surface area contributed by atoms with E-state index in [1.54, 1.807) is 19.1 Å². The minimum absolute atomic E-state index is 0.0440. The van der Waals surface area contributed by atoms with Crippen molar-refractivity contribution in [3.8, 4) is 11.5 Å². The molecule has 0 saturated heterocycles. The molecule has 0 unspecified atom stereocenters. The third kappa shape index (κ3) is 3.32. The minimum Gasteiger partial charge on any atom is -0.478 e. The number of carboxylic acid groups (broad SMARTS) is 1. The van der Waals surface area contributed by atoms with Gasteiger partial charge in [-0.05, 0) is 36.8 Å². The number of aromatic carboxylic acids is 1. The van der Waals surface area contributed by atoms with Crippen molar-refractivity contribution >= 4 is 11.9 Å². The molecule has 1 aliphatic rings. The largest absolute Gasteiger partial charge is 0.478 e. The summed E-state index contributed by atoms with van der Waals surface area (Å²) in [5.74, 6) is -0.451. The molecule has 24 heavy (non-hydrogen) atoms. The Morgan fingerprint density at radius 3 is 2.58 bits per heavy atom. The van der Waals surface area contributed by atoms with Crippen molar-refractivity contribution in [3.05, 3.63) is 59.2 Å². The highest BCUT2D eigenvalue weighted by Crippen LogP contribution is 2.32. The maximum atomic E-state index is 12.2. The highest BCUT2D eigenvalue weighted by Gasteiger charge is 2.20. The summed E-state index contributed by atoms with van der Waals surface area (Å²) in [6.07, 6.45) is 0.0668. The molecule has 3 rings (SSSR count). The van der Waals surface area contributed by atoms with E-state index in [1.165, 1.54) is 12.1 Å². The van der Waals surface area contributed by atoms with Crippen LogP contribution in [0.25, 0.3) is 0 Å². The molecule has 124 valence electrons. The van der Waals surface area contributed by atoms with E-state index in [2.05, 4.69) is 0 Å². The molecule has 1 atom stereocenters. The van der Waals surface area contributed by atoms with Crippen molar-refractivity contribution < 1.29 is 28.9 Å². The van der Waals surface area contributed by atoms with E-state index in [1.807, 2.05) is 18.2 Å². The Morgan fingerprint density at radius 2 is 1.83 bits per heavy atom. The number of carbonyl (C=O) groups is 2. The third-order valence-corrected chi connectivity index (χ3v) is 3.65. The van der Waals surface area contributed by atoms with E-state index in [9.17, 15) is 9.59 Å². The van der Waals surface area contributed by atoms with Gasteiger partial charge in [0.1, 0.15) is 6.10 Å². The summed E-state index contributed by atoms with van der Waals surface area (Å²) in [6.45, 7) is 1.96. The molecular weight excluding hydrogens is 312 g/mol. The van der Waals surface area contributed by atoms with Gasteiger partial charge in [-0.2, -0.15) is 0 Å². The van der Waals surface area contributed by atoms with E-state index in [0.717, 1.165) is 5.56 Å². The molecule has 0 spiro atoms. The van der Waals surface area contributed by atoms with Crippen molar-refractivity contribution in [2.75, 3.05) is 6.79 Å². The van der Waals surface area contributed by atoms with Crippen LogP contribution >= 0.6 is 0 Å². The van der Waals surface area contributed by atoms with Gasteiger partial charge in [0.15, 0.2) is 11.5 Å². The molecular formula is C18H16O6. The van der Waals surface area contributed by atoms with Gasteiger partial charge in [-0.25, -0.2) is 9.59 Å². The SMILES string of the molecule is C[C@@H](Cc1ccc2c(c1)OCO2)OC(=O)c1ccccc1C(=O)O. The molecule has 6 heteroatoms. The molecule has 0 bridgehead atoms. The predicted octanol–water partition coefficient (Wildman–Crippen LogP) is 2.90. The first-order valence-corrected chi connectivity index (χ1v) is 7.46. The zero-order chi connectivity index (χ0) is 17.1. The van der Waals surface area contributed by atoms with E-state index < -0.39 is 18.0 Å². The molecule has 0 radical (unpaired) electrons. The van der Waals surface area contributed by atoms with Gasteiger partial charge in [-0.3, -0.25) is 0 Å². The van der Waals surface area contributed by atoms with E-state index >= 15 is 0 Å². The Hall–Kier alpha value is -3.02. The monoisotopic (exact) mass is 328 g/mol. The Kier molecular flexibility index (Phi) is 4.37. The predicted molar refractivity (Wildman–Crippen MR) is 84.5 cm³/mol. The first-order valence-electron chi connectivity index (χ1n) is 7.46. The molecule has 0 aromatic heterocycles. The number of benzene rings is 2. The first kappa shape index (κ1) is 15.9. The number of hydrogen-bond donors (Lipinski definition) is 1. The Bertz CT molecular complexity index is 783. The summed E-state index contributed by atoms with van der Waals surface area (Å²) in [4.78, 5) is 23.4. The summed E-state index contributed by atoms with van der Waals surface area (Å²) in [6, 6.07) is 11.5. The number of fused-ring (bicyclic) bond motifs is 1. The topological polar surface area (TPSA) is 82.1 Å². The van der Waals surface area contributed by atoms with Gasteiger partial charge in [-0.15, -0.1) is 0 Å². The van der Waals surface area contributed by atoms with Crippen LogP contribution in [0.1, 0.15) is 33.2 Å². The molecule has 0 aliphatic carbocycles. The normalized spacial score (nSPS) is 13.4. The van der Waals surface area contributed by atoms with Crippen LogP contribution in [0.2, 0.25) is 0 Å². The van der Waals surface area contributed by atoms with Crippen molar-refractivity contribution in [3.63, 3.8) is 0 Å². The van der Waals surface area contributed by atoms with E-state index in [-0.39, 0.29) is 17.9 Å². The molecule has 0 fully saturated rings. The average molecular weight is 328 g/mol. The summed E-state index contributed by atoms with van der Waals surface area (Å²) in [5.41, 5.74) is 0.909. The van der Waals surface area contributed by atoms with E-state index in [4.69, 9.17) is 19.3 Å². The van der Waals surface area contributed by atoms with Gasteiger partial charge in [0, 0.05) is 6.42 Å². The van der Waals surface area contributed by atoms with Crippen LogP contribution in [-0.2, 0) is 11.2 Å². The Labute approximate surface area is 138 Å². The molecule has 0 saturated carbocycles. The Balaban J connectivity index is 1.68. The van der Waals surface area contributed by atoms with Crippen LogP contribution < -0.4 is 9.47 Å². The lowest BCUT2D eigenvalue weighted by molar-refractivity contribution is 0.0336. The van der Waals surface area contributed by atoms with Crippen LogP contribution in [-0.4, -0.2) is 29.9 Å². The van der Waals surface area contributed by atoms with Gasteiger partial charge < -0.3 is 19.3 Å². The van der Waals surface area contributed by atoms with Crippen molar-refractivity contribution in [2.24, 2.45) is 0 Å². The lowest BCUT2D eigenvalue weighted by Gasteiger charge is -2.14. The van der Waals surface area contributed by atoms with Crippen LogP contribution in [0.3, 0.4) is 0 Å². The fraction of sp³-hybridized carbons (Fsp3) is 0.222. The van der Waals surface area contributed by atoms with E-state index in [0.29, 0.717) is 17.9 Å².